The van der Waals surface area contributed by atoms with E-state index < -0.39 is 0 Å². The molecule has 1 saturated carbocycles. The largest absolute Gasteiger partial charge is 0.450 e. The van der Waals surface area contributed by atoms with E-state index in [0.717, 1.165) is 54.6 Å². The van der Waals surface area contributed by atoms with Gasteiger partial charge in [-0.25, -0.2) is 9.78 Å². The molecule has 1 aromatic carbocycles. The average Bonchev–Trinajstić information content (AvgIpc) is 3.08. The Kier molecular flexibility index (Phi) is 4.79. The molecule has 170 valence electrons. The van der Waals surface area contributed by atoms with Crippen molar-refractivity contribution in [3.05, 3.63) is 64.8 Å². The molecule has 1 saturated heterocycles. The number of hydrogen-bond acceptors (Lipinski definition) is 6. The Morgan fingerprint density at radius 3 is 2.79 bits per heavy atom. The first-order valence-corrected chi connectivity index (χ1v) is 11.7. The van der Waals surface area contributed by atoms with Crippen LogP contribution in [0, 0.1) is 5.41 Å². The van der Waals surface area contributed by atoms with Gasteiger partial charge in [-0.05, 0) is 55.7 Å². The maximum absolute atomic E-state index is 12.5. The molecule has 0 N–H and O–H groups in total. The molecule has 4 heterocycles. The second-order valence-electron chi connectivity index (χ2n) is 9.29. The van der Waals surface area contributed by atoms with Crippen LogP contribution >= 0.6 is 11.6 Å². The standard InChI is InChI=1S/C24H25ClN6O2/c1-2-33-23(32)29-12-16-9-18(25)6-7-19(16)31-21(13-29)27-28-22(31)17-10-24(11-17)14-30(15-24)20-5-3-4-8-26-20/h3-9,17H,2,10-15H2,1H3. The zero-order chi connectivity index (χ0) is 22.6. The Hall–Kier alpha value is -3.13. The maximum Gasteiger partial charge on any atom is 0.410 e. The van der Waals surface area contributed by atoms with Gasteiger partial charge in [0.2, 0.25) is 0 Å². The van der Waals surface area contributed by atoms with Crippen LogP contribution in [0.4, 0.5) is 10.6 Å². The van der Waals surface area contributed by atoms with Crippen molar-refractivity contribution in [3.8, 4) is 5.69 Å². The minimum Gasteiger partial charge on any atom is -0.450 e. The molecule has 9 heteroatoms. The quantitative estimate of drug-likeness (QED) is 0.579. The molecule has 2 fully saturated rings. The van der Waals surface area contributed by atoms with Gasteiger partial charge in [-0.2, -0.15) is 0 Å². The summed E-state index contributed by atoms with van der Waals surface area (Å²) in [5, 5.41) is 9.74. The molecule has 1 spiro atoms. The molecule has 0 atom stereocenters. The number of pyridine rings is 1. The van der Waals surface area contributed by atoms with Crippen molar-refractivity contribution in [1.82, 2.24) is 24.6 Å². The van der Waals surface area contributed by atoms with E-state index in [4.69, 9.17) is 16.3 Å². The van der Waals surface area contributed by atoms with Gasteiger partial charge in [0.25, 0.3) is 0 Å². The van der Waals surface area contributed by atoms with Crippen LogP contribution < -0.4 is 4.90 Å². The van der Waals surface area contributed by atoms with Gasteiger partial charge in [-0.15, -0.1) is 10.2 Å². The lowest BCUT2D eigenvalue weighted by atomic mass is 9.57. The second kappa shape index (κ2) is 7.73. The monoisotopic (exact) mass is 464 g/mol. The number of rotatable bonds is 3. The summed E-state index contributed by atoms with van der Waals surface area (Å²) in [5.41, 5.74) is 2.29. The van der Waals surface area contributed by atoms with Gasteiger partial charge < -0.3 is 9.64 Å². The fourth-order valence-corrected chi connectivity index (χ4v) is 5.72. The topological polar surface area (TPSA) is 76.4 Å². The van der Waals surface area contributed by atoms with Crippen LogP contribution in [0.2, 0.25) is 5.02 Å². The van der Waals surface area contributed by atoms with Gasteiger partial charge in [0.05, 0.1) is 25.4 Å². The molecule has 1 aliphatic carbocycles. The van der Waals surface area contributed by atoms with Gasteiger partial charge >= 0.3 is 6.09 Å². The highest BCUT2D eigenvalue weighted by atomic mass is 35.5. The van der Waals surface area contributed by atoms with E-state index in [2.05, 4.69) is 30.7 Å². The normalized spacial score (nSPS) is 18.7. The lowest BCUT2D eigenvalue weighted by molar-refractivity contribution is 0.0581. The molecule has 8 nitrogen and oxygen atoms in total. The second-order valence-corrected chi connectivity index (χ2v) is 9.72. The summed E-state index contributed by atoms with van der Waals surface area (Å²) in [6, 6.07) is 11.9. The third-order valence-electron chi connectivity index (χ3n) is 7.01. The Morgan fingerprint density at radius 1 is 1.18 bits per heavy atom. The summed E-state index contributed by atoms with van der Waals surface area (Å²) in [6.45, 7) is 4.97. The SMILES string of the molecule is CCOC(=O)N1Cc2cc(Cl)ccc2-n2c(nnc2C2CC3(C2)CN(c2ccccn2)C3)C1. The number of aromatic nitrogens is 4. The number of nitrogens with zero attached hydrogens (tertiary/aromatic N) is 6. The minimum absolute atomic E-state index is 0.329. The van der Waals surface area contributed by atoms with Crippen molar-refractivity contribution < 1.29 is 9.53 Å². The summed E-state index contributed by atoms with van der Waals surface area (Å²) in [6.07, 6.45) is 3.66. The summed E-state index contributed by atoms with van der Waals surface area (Å²) in [7, 11) is 0. The van der Waals surface area contributed by atoms with Crippen molar-refractivity contribution >= 4 is 23.5 Å². The van der Waals surface area contributed by atoms with Crippen molar-refractivity contribution in [2.75, 3.05) is 24.6 Å². The van der Waals surface area contributed by atoms with Crippen LogP contribution in [0.1, 0.15) is 42.9 Å². The van der Waals surface area contributed by atoms with E-state index in [1.807, 2.05) is 43.5 Å². The van der Waals surface area contributed by atoms with Crippen LogP contribution in [0.25, 0.3) is 5.69 Å². The van der Waals surface area contributed by atoms with E-state index in [9.17, 15) is 4.79 Å². The number of hydrogen-bond donors (Lipinski definition) is 0. The third kappa shape index (κ3) is 3.44. The van der Waals surface area contributed by atoms with Crippen molar-refractivity contribution in [2.24, 2.45) is 5.41 Å². The first-order chi connectivity index (χ1) is 16.0. The first-order valence-electron chi connectivity index (χ1n) is 11.4. The lowest BCUT2D eigenvalue weighted by Gasteiger charge is -2.59. The zero-order valence-electron chi connectivity index (χ0n) is 18.4. The number of benzene rings is 1. The zero-order valence-corrected chi connectivity index (χ0v) is 19.2. The Bertz CT molecular complexity index is 1200. The lowest BCUT2D eigenvalue weighted by Crippen LogP contribution is -2.62. The van der Waals surface area contributed by atoms with Gasteiger partial charge in [-0.3, -0.25) is 9.47 Å². The first kappa shape index (κ1) is 20.5. The average molecular weight is 465 g/mol. The third-order valence-corrected chi connectivity index (χ3v) is 7.24. The Morgan fingerprint density at radius 2 is 2.03 bits per heavy atom. The molecule has 3 aromatic rings. The van der Waals surface area contributed by atoms with E-state index >= 15 is 0 Å². The highest BCUT2D eigenvalue weighted by Crippen LogP contribution is 2.56. The molecule has 3 aliphatic rings. The molecule has 1 amide bonds. The number of fused-ring (bicyclic) bond motifs is 3. The molecular weight excluding hydrogens is 440 g/mol. The Balaban J connectivity index is 1.26. The van der Waals surface area contributed by atoms with Crippen molar-refractivity contribution in [2.45, 2.75) is 38.8 Å². The molecule has 2 aromatic heterocycles. The van der Waals surface area contributed by atoms with Gasteiger partial charge in [-0.1, -0.05) is 17.7 Å². The fourth-order valence-electron chi connectivity index (χ4n) is 5.53. The van der Waals surface area contributed by atoms with Crippen LogP contribution in [-0.2, 0) is 17.8 Å². The van der Waals surface area contributed by atoms with Gasteiger partial charge in [0, 0.05) is 35.6 Å². The summed E-state index contributed by atoms with van der Waals surface area (Å²) >= 11 is 6.30. The molecular formula is C24H25ClN6O2. The Labute approximate surface area is 197 Å². The maximum atomic E-state index is 12.5. The van der Waals surface area contributed by atoms with Crippen molar-refractivity contribution in [1.29, 1.82) is 0 Å². The molecule has 0 bridgehead atoms. The summed E-state index contributed by atoms with van der Waals surface area (Å²) in [5.74, 6) is 3.12. The van der Waals surface area contributed by atoms with E-state index in [1.165, 1.54) is 0 Å². The van der Waals surface area contributed by atoms with Crippen molar-refractivity contribution in [3.63, 3.8) is 0 Å². The predicted octanol–water partition coefficient (Wildman–Crippen LogP) is 4.17. The number of anilines is 1. The fraction of sp³-hybridized carbons (Fsp3) is 0.417. The van der Waals surface area contributed by atoms with Gasteiger partial charge in [0.15, 0.2) is 5.82 Å². The van der Waals surface area contributed by atoms with Crippen LogP contribution in [0.5, 0.6) is 0 Å². The highest BCUT2D eigenvalue weighted by Gasteiger charge is 2.54. The summed E-state index contributed by atoms with van der Waals surface area (Å²) < 4.78 is 7.40. The highest BCUT2D eigenvalue weighted by molar-refractivity contribution is 6.30. The number of amides is 1. The molecule has 33 heavy (non-hydrogen) atoms. The number of halogens is 1. The van der Waals surface area contributed by atoms with E-state index in [-0.39, 0.29) is 6.09 Å². The number of ether oxygens (including phenoxy) is 1. The van der Waals surface area contributed by atoms with E-state index in [1.54, 1.807) is 4.90 Å². The molecule has 0 unspecified atom stereocenters. The molecule has 6 rings (SSSR count). The van der Waals surface area contributed by atoms with Crippen LogP contribution in [0.3, 0.4) is 0 Å². The predicted molar refractivity (Wildman–Crippen MR) is 123 cm³/mol. The minimum atomic E-state index is -0.354. The number of carbonyl (C=O) groups is 1. The van der Waals surface area contributed by atoms with E-state index in [0.29, 0.717) is 36.1 Å². The summed E-state index contributed by atoms with van der Waals surface area (Å²) in [4.78, 5) is 21.0. The van der Waals surface area contributed by atoms with Crippen LogP contribution in [-0.4, -0.2) is 50.4 Å². The smallest absolute Gasteiger partial charge is 0.410 e. The van der Waals surface area contributed by atoms with Gasteiger partial charge in [0.1, 0.15) is 11.6 Å². The molecule has 2 aliphatic heterocycles. The molecule has 0 radical (unpaired) electrons. The number of carbonyl (C=O) groups excluding carboxylic acids is 1. The van der Waals surface area contributed by atoms with Crippen LogP contribution in [0.15, 0.2) is 42.6 Å².